The number of carboxylic acids is 1. The number of carboxylic acid groups (broad SMARTS) is 1. The van der Waals surface area contributed by atoms with E-state index in [1.807, 2.05) is 24.3 Å². The first kappa shape index (κ1) is 30.1. The van der Waals surface area contributed by atoms with Gasteiger partial charge in [0, 0.05) is 27.9 Å². The highest BCUT2D eigenvalue weighted by Crippen LogP contribution is 2.34. The van der Waals surface area contributed by atoms with Gasteiger partial charge in [-0.15, -0.1) is 0 Å². The van der Waals surface area contributed by atoms with Crippen LogP contribution in [0.1, 0.15) is 45.7 Å². The Morgan fingerprint density at radius 3 is 2.33 bits per heavy atom. The Morgan fingerprint density at radius 2 is 1.69 bits per heavy atom. The molecule has 0 bridgehead atoms. The second-order valence-electron chi connectivity index (χ2n) is 9.52. The van der Waals surface area contributed by atoms with Crippen LogP contribution >= 0.6 is 11.6 Å². The number of amides is 1. The number of ether oxygens (including phenoxy) is 2. The lowest BCUT2D eigenvalue weighted by Gasteiger charge is -2.22. The van der Waals surface area contributed by atoms with E-state index >= 15 is 0 Å². The molecule has 1 aromatic heterocycles. The minimum absolute atomic E-state index is 0.0741. The Kier molecular flexibility index (Phi) is 9.44. The molecule has 0 aliphatic heterocycles. The Hall–Kier alpha value is -4.89. The van der Waals surface area contributed by atoms with Crippen LogP contribution < -0.4 is 20.3 Å². The Balaban J connectivity index is 1.76. The van der Waals surface area contributed by atoms with E-state index in [1.54, 1.807) is 25.3 Å². The van der Waals surface area contributed by atoms with E-state index in [0.717, 1.165) is 5.56 Å². The summed E-state index contributed by atoms with van der Waals surface area (Å²) in [5, 5.41) is 12.4. The van der Waals surface area contributed by atoms with Crippen LogP contribution in [0.5, 0.6) is 11.5 Å². The summed E-state index contributed by atoms with van der Waals surface area (Å²) in [6.45, 7) is 1.42. The second kappa shape index (κ2) is 13.2. The van der Waals surface area contributed by atoms with E-state index in [1.165, 1.54) is 55.1 Å². The van der Waals surface area contributed by atoms with Crippen LogP contribution in [0.2, 0.25) is 5.02 Å². The predicted octanol–water partition coefficient (Wildman–Crippen LogP) is 5.90. The monoisotopic (exact) mass is 588 g/mol. The number of aromatic carboxylic acids is 1. The van der Waals surface area contributed by atoms with Crippen molar-refractivity contribution in [3.63, 3.8) is 0 Å². The van der Waals surface area contributed by atoms with Gasteiger partial charge in [-0.2, -0.15) is 0 Å². The zero-order valence-electron chi connectivity index (χ0n) is 23.2. The van der Waals surface area contributed by atoms with Crippen molar-refractivity contribution >= 4 is 34.9 Å². The minimum Gasteiger partial charge on any atom is -0.497 e. The van der Waals surface area contributed by atoms with Crippen molar-refractivity contribution in [3.05, 3.63) is 111 Å². The first-order valence-corrected chi connectivity index (χ1v) is 13.4. The summed E-state index contributed by atoms with van der Waals surface area (Å²) >= 11 is 6.23. The lowest BCUT2D eigenvalue weighted by Crippen LogP contribution is -2.33. The molecule has 10 heteroatoms. The molecule has 3 aromatic carbocycles. The van der Waals surface area contributed by atoms with E-state index in [-0.39, 0.29) is 23.5 Å². The highest BCUT2D eigenvalue weighted by Gasteiger charge is 2.25. The number of methoxy groups -OCH3 is 2. The standard InChI is InChI=1S/C32H29ClN2O7/c1-19(36)25-13-10-22(33)16-26(25)27-17-30(37)35(18-29(27)42-3)28(14-7-20-5-4-6-24(15-20)41-2)31(38)34-23-11-8-21(9-12-23)32(39)40/h4-6,8-13,15-18,28H,7,14H2,1-3H3,(H,34,38)(H,39,40)/t28-/m0/s1. The smallest absolute Gasteiger partial charge is 0.335 e. The number of hydrogen-bond donors (Lipinski definition) is 2. The number of nitrogens with one attached hydrogen (secondary N) is 1. The maximum atomic E-state index is 13.7. The molecule has 0 unspecified atom stereocenters. The number of halogens is 1. The van der Waals surface area contributed by atoms with E-state index in [0.29, 0.717) is 39.6 Å². The quantitative estimate of drug-likeness (QED) is 0.209. The number of anilines is 1. The van der Waals surface area contributed by atoms with Gasteiger partial charge in [0.25, 0.3) is 5.56 Å². The molecule has 42 heavy (non-hydrogen) atoms. The van der Waals surface area contributed by atoms with Gasteiger partial charge in [-0.05, 0) is 85.5 Å². The molecule has 216 valence electrons. The summed E-state index contributed by atoms with van der Waals surface area (Å²) in [6.07, 6.45) is 2.13. The van der Waals surface area contributed by atoms with Crippen molar-refractivity contribution in [1.82, 2.24) is 4.57 Å². The minimum atomic E-state index is -1.09. The first-order chi connectivity index (χ1) is 20.1. The van der Waals surface area contributed by atoms with Crippen LogP contribution in [-0.2, 0) is 11.2 Å². The molecule has 0 saturated carbocycles. The van der Waals surface area contributed by atoms with Crippen LogP contribution in [0.15, 0.2) is 83.8 Å². The van der Waals surface area contributed by atoms with E-state index in [4.69, 9.17) is 21.1 Å². The number of nitrogens with zero attached hydrogens (tertiary/aromatic N) is 1. The third kappa shape index (κ3) is 6.87. The number of Topliss-reactive ketones (excluding diaryl/α,β-unsaturated/α-hetero) is 1. The fourth-order valence-corrected chi connectivity index (χ4v) is 4.81. The number of aromatic nitrogens is 1. The van der Waals surface area contributed by atoms with Gasteiger partial charge < -0.3 is 19.9 Å². The summed E-state index contributed by atoms with van der Waals surface area (Å²) in [4.78, 5) is 50.8. The van der Waals surface area contributed by atoms with Gasteiger partial charge in [-0.1, -0.05) is 23.7 Å². The van der Waals surface area contributed by atoms with Crippen molar-refractivity contribution in [1.29, 1.82) is 0 Å². The van der Waals surface area contributed by atoms with Crippen molar-refractivity contribution in [2.24, 2.45) is 0 Å². The zero-order chi connectivity index (χ0) is 30.4. The van der Waals surface area contributed by atoms with Crippen LogP contribution in [0.25, 0.3) is 11.1 Å². The van der Waals surface area contributed by atoms with Crippen LogP contribution in [0.3, 0.4) is 0 Å². The SMILES string of the molecule is COc1cccc(CC[C@@H](C(=O)Nc2ccc(C(=O)O)cc2)n2cc(OC)c(-c3cc(Cl)ccc3C(C)=O)cc2=O)c1. The number of ketones is 1. The van der Waals surface area contributed by atoms with Crippen LogP contribution in [0, 0.1) is 0 Å². The fraction of sp³-hybridized carbons (Fsp3) is 0.188. The van der Waals surface area contributed by atoms with Gasteiger partial charge in [0.1, 0.15) is 17.5 Å². The van der Waals surface area contributed by atoms with Gasteiger partial charge in [0.05, 0.1) is 26.0 Å². The molecule has 0 aliphatic rings. The molecule has 9 nitrogen and oxygen atoms in total. The van der Waals surface area contributed by atoms with Gasteiger partial charge in [0.15, 0.2) is 5.78 Å². The Labute approximate surface area is 247 Å². The van der Waals surface area contributed by atoms with Crippen molar-refractivity contribution < 1.29 is 29.0 Å². The average Bonchev–Trinajstić information content (AvgIpc) is 2.97. The number of aryl methyl sites for hydroxylation is 1. The van der Waals surface area contributed by atoms with Crippen molar-refractivity contribution in [3.8, 4) is 22.6 Å². The third-order valence-electron chi connectivity index (χ3n) is 6.79. The maximum Gasteiger partial charge on any atom is 0.335 e. The molecular formula is C32H29ClN2O7. The maximum absolute atomic E-state index is 13.7. The molecule has 0 spiro atoms. The average molecular weight is 589 g/mol. The number of carbonyl (C=O) groups excluding carboxylic acids is 2. The largest absolute Gasteiger partial charge is 0.497 e. The van der Waals surface area contributed by atoms with Gasteiger partial charge in [0.2, 0.25) is 5.91 Å². The molecular weight excluding hydrogens is 560 g/mol. The molecule has 1 atom stereocenters. The topological polar surface area (TPSA) is 124 Å². The molecule has 2 N–H and O–H groups in total. The number of carbonyl (C=O) groups is 3. The van der Waals surface area contributed by atoms with Crippen LogP contribution in [0.4, 0.5) is 5.69 Å². The lowest BCUT2D eigenvalue weighted by molar-refractivity contribution is -0.119. The molecule has 0 fully saturated rings. The summed E-state index contributed by atoms with van der Waals surface area (Å²) in [7, 11) is 3.00. The zero-order valence-corrected chi connectivity index (χ0v) is 24.0. The second-order valence-corrected chi connectivity index (χ2v) is 9.96. The first-order valence-electron chi connectivity index (χ1n) is 13.0. The summed E-state index contributed by atoms with van der Waals surface area (Å²) in [5.74, 6) is -0.847. The van der Waals surface area contributed by atoms with E-state index < -0.39 is 23.5 Å². The molecule has 4 rings (SSSR count). The lowest BCUT2D eigenvalue weighted by atomic mass is 9.97. The normalized spacial score (nSPS) is 11.4. The number of pyridine rings is 1. The highest BCUT2D eigenvalue weighted by atomic mass is 35.5. The van der Waals surface area contributed by atoms with Gasteiger partial charge in [-0.3, -0.25) is 19.0 Å². The molecule has 4 aromatic rings. The van der Waals surface area contributed by atoms with Crippen molar-refractivity contribution in [2.45, 2.75) is 25.8 Å². The number of benzene rings is 3. The van der Waals surface area contributed by atoms with Gasteiger partial charge >= 0.3 is 5.97 Å². The predicted molar refractivity (Wildman–Crippen MR) is 160 cm³/mol. The Bertz CT molecular complexity index is 1700. The summed E-state index contributed by atoms with van der Waals surface area (Å²) < 4.78 is 12.2. The highest BCUT2D eigenvalue weighted by molar-refractivity contribution is 6.31. The molecule has 0 radical (unpaired) electrons. The number of rotatable bonds is 11. The Morgan fingerprint density at radius 1 is 0.952 bits per heavy atom. The van der Waals surface area contributed by atoms with Crippen LogP contribution in [-0.4, -0.2) is 41.6 Å². The fourth-order valence-electron chi connectivity index (χ4n) is 4.64. The molecule has 1 heterocycles. The third-order valence-corrected chi connectivity index (χ3v) is 7.03. The molecule has 0 aliphatic carbocycles. The summed E-state index contributed by atoms with van der Waals surface area (Å²) in [6, 6.07) is 18.3. The van der Waals surface area contributed by atoms with Gasteiger partial charge in [-0.25, -0.2) is 4.79 Å². The molecule has 0 saturated heterocycles. The van der Waals surface area contributed by atoms with E-state index in [9.17, 15) is 24.3 Å². The number of hydrogen-bond acceptors (Lipinski definition) is 6. The summed E-state index contributed by atoms with van der Waals surface area (Å²) in [5.41, 5.74) is 2.02. The van der Waals surface area contributed by atoms with E-state index in [2.05, 4.69) is 5.32 Å². The van der Waals surface area contributed by atoms with Crippen molar-refractivity contribution in [2.75, 3.05) is 19.5 Å². The molecule has 1 amide bonds.